The van der Waals surface area contributed by atoms with Crippen molar-refractivity contribution < 1.29 is 14.3 Å². The van der Waals surface area contributed by atoms with E-state index < -0.39 is 5.97 Å². The van der Waals surface area contributed by atoms with Gasteiger partial charge >= 0.3 is 5.97 Å². The van der Waals surface area contributed by atoms with Crippen LogP contribution in [0.4, 0.5) is 5.69 Å². The van der Waals surface area contributed by atoms with Crippen molar-refractivity contribution in [3.05, 3.63) is 28.8 Å². The fourth-order valence-corrected chi connectivity index (χ4v) is 2.20. The van der Waals surface area contributed by atoms with Gasteiger partial charge < -0.3 is 15.4 Å². The molecule has 0 aliphatic carbocycles. The van der Waals surface area contributed by atoms with Gasteiger partial charge in [-0.15, -0.1) is 0 Å². The van der Waals surface area contributed by atoms with Crippen molar-refractivity contribution in [2.45, 2.75) is 6.92 Å². The number of halogens is 1. The second-order valence-electron chi connectivity index (χ2n) is 4.88. The van der Waals surface area contributed by atoms with Crippen molar-refractivity contribution >= 4 is 29.2 Å². The van der Waals surface area contributed by atoms with Gasteiger partial charge in [-0.3, -0.25) is 4.79 Å². The van der Waals surface area contributed by atoms with Crippen LogP contribution in [0.5, 0.6) is 0 Å². The molecule has 0 bridgehead atoms. The molecule has 1 amide bonds. The van der Waals surface area contributed by atoms with Gasteiger partial charge in [0.1, 0.15) is 0 Å². The Labute approximate surface area is 122 Å². The van der Waals surface area contributed by atoms with Crippen molar-refractivity contribution in [3.63, 3.8) is 0 Å². The number of esters is 1. The van der Waals surface area contributed by atoms with Crippen LogP contribution in [0.25, 0.3) is 0 Å². The third kappa shape index (κ3) is 3.11. The highest BCUT2D eigenvalue weighted by Gasteiger charge is 2.29. The Kier molecular flexibility index (Phi) is 4.62. The lowest BCUT2D eigenvalue weighted by molar-refractivity contribution is -0.121. The summed E-state index contributed by atoms with van der Waals surface area (Å²) in [4.78, 5) is 23.9. The summed E-state index contributed by atoms with van der Waals surface area (Å²) < 4.78 is 4.69. The molecule has 2 rings (SSSR count). The highest BCUT2D eigenvalue weighted by Crippen LogP contribution is 2.24. The Morgan fingerprint density at radius 3 is 2.70 bits per heavy atom. The molecule has 1 aliphatic heterocycles. The predicted octanol–water partition coefficient (Wildman–Crippen LogP) is 1.92. The normalized spacial score (nSPS) is 16.1. The van der Waals surface area contributed by atoms with Gasteiger partial charge in [0.05, 0.1) is 18.4 Å². The average molecular weight is 297 g/mol. The number of hydrogen-bond acceptors (Lipinski definition) is 4. The molecule has 20 heavy (non-hydrogen) atoms. The van der Waals surface area contributed by atoms with E-state index in [9.17, 15) is 9.59 Å². The van der Waals surface area contributed by atoms with Gasteiger partial charge in [0.25, 0.3) is 0 Å². The first kappa shape index (κ1) is 14.8. The molecule has 5 nitrogen and oxygen atoms in total. The lowest BCUT2D eigenvalue weighted by Gasteiger charge is -2.31. The van der Waals surface area contributed by atoms with Gasteiger partial charge in [-0.25, -0.2) is 4.79 Å². The number of rotatable bonds is 4. The number of benzene rings is 1. The molecule has 0 saturated carbocycles. The second kappa shape index (κ2) is 6.24. The van der Waals surface area contributed by atoms with Crippen LogP contribution >= 0.6 is 11.6 Å². The van der Waals surface area contributed by atoms with E-state index in [2.05, 4.69) is 10.6 Å². The molecule has 0 aromatic heterocycles. The molecule has 2 N–H and O–H groups in total. The topological polar surface area (TPSA) is 67.4 Å². The molecule has 1 fully saturated rings. The Morgan fingerprint density at radius 2 is 2.15 bits per heavy atom. The lowest BCUT2D eigenvalue weighted by Crippen LogP contribution is -2.48. The van der Waals surface area contributed by atoms with E-state index in [-0.39, 0.29) is 17.4 Å². The molecule has 1 saturated heterocycles. The summed E-state index contributed by atoms with van der Waals surface area (Å²) in [6, 6.07) is 4.72. The molecule has 1 aromatic carbocycles. The van der Waals surface area contributed by atoms with Gasteiger partial charge in [-0.05, 0) is 37.2 Å². The van der Waals surface area contributed by atoms with Crippen LogP contribution in [0.1, 0.15) is 17.3 Å². The highest BCUT2D eigenvalue weighted by molar-refractivity contribution is 6.31. The van der Waals surface area contributed by atoms with Crippen LogP contribution in [0.15, 0.2) is 18.2 Å². The lowest BCUT2D eigenvalue weighted by atomic mass is 9.88. The van der Waals surface area contributed by atoms with Crippen molar-refractivity contribution in [1.82, 2.24) is 5.32 Å². The number of carbonyl (C=O) groups is 2. The molecular weight excluding hydrogens is 280 g/mol. The average Bonchev–Trinajstić information content (AvgIpc) is 2.37. The third-order valence-electron chi connectivity index (χ3n) is 3.58. The molecule has 1 heterocycles. The maximum Gasteiger partial charge on any atom is 0.340 e. The standard InChI is InChI=1S/C14H17ClN2O3/c1-8(9-6-16-7-9)13(18)17-12-4-3-10(15)5-11(12)14(19)20-2/h3-5,8-9,16H,6-7H2,1-2H3,(H,17,18). The number of nitrogens with one attached hydrogen (secondary N) is 2. The number of ether oxygens (including phenoxy) is 1. The number of anilines is 1. The molecule has 0 spiro atoms. The van der Waals surface area contributed by atoms with Crippen molar-refractivity contribution in [1.29, 1.82) is 0 Å². The fourth-order valence-electron chi connectivity index (χ4n) is 2.03. The van der Waals surface area contributed by atoms with E-state index in [0.717, 1.165) is 13.1 Å². The first-order valence-electron chi connectivity index (χ1n) is 6.42. The molecule has 6 heteroatoms. The van der Waals surface area contributed by atoms with Crippen molar-refractivity contribution in [2.24, 2.45) is 11.8 Å². The Morgan fingerprint density at radius 1 is 1.45 bits per heavy atom. The number of methoxy groups -OCH3 is 1. The second-order valence-corrected chi connectivity index (χ2v) is 5.31. The van der Waals surface area contributed by atoms with Crippen LogP contribution in [0, 0.1) is 11.8 Å². The fraction of sp³-hybridized carbons (Fsp3) is 0.429. The Balaban J connectivity index is 2.15. The number of amides is 1. The minimum absolute atomic E-state index is 0.107. The molecular formula is C14H17ClN2O3. The van der Waals surface area contributed by atoms with E-state index in [1.807, 2.05) is 6.92 Å². The summed E-state index contributed by atoms with van der Waals surface area (Å²) >= 11 is 5.87. The molecule has 1 aliphatic rings. The van der Waals surface area contributed by atoms with Gasteiger partial charge in [0, 0.05) is 10.9 Å². The van der Waals surface area contributed by atoms with Crippen molar-refractivity contribution in [2.75, 3.05) is 25.5 Å². The maximum absolute atomic E-state index is 12.2. The zero-order valence-electron chi connectivity index (χ0n) is 11.4. The Bertz CT molecular complexity index is 529. The number of carbonyl (C=O) groups excluding carboxylic acids is 2. The largest absolute Gasteiger partial charge is 0.465 e. The highest BCUT2D eigenvalue weighted by atomic mass is 35.5. The summed E-state index contributed by atoms with van der Waals surface area (Å²) in [5.41, 5.74) is 0.678. The minimum atomic E-state index is -0.527. The third-order valence-corrected chi connectivity index (χ3v) is 3.81. The first-order valence-corrected chi connectivity index (χ1v) is 6.80. The summed E-state index contributed by atoms with van der Waals surface area (Å²) in [5.74, 6) is -0.411. The van der Waals surface area contributed by atoms with Gasteiger partial charge in [0.2, 0.25) is 5.91 Å². The van der Waals surface area contributed by atoms with Crippen LogP contribution in [0.2, 0.25) is 5.02 Å². The molecule has 108 valence electrons. The van der Waals surface area contributed by atoms with Crippen LogP contribution in [0.3, 0.4) is 0 Å². The predicted molar refractivity (Wildman–Crippen MR) is 76.9 cm³/mol. The van der Waals surface area contributed by atoms with E-state index >= 15 is 0 Å². The SMILES string of the molecule is COC(=O)c1cc(Cl)ccc1NC(=O)C(C)C1CNC1. The minimum Gasteiger partial charge on any atom is -0.465 e. The zero-order chi connectivity index (χ0) is 14.7. The monoisotopic (exact) mass is 296 g/mol. The molecule has 1 aromatic rings. The quantitative estimate of drug-likeness (QED) is 0.833. The van der Waals surface area contributed by atoms with E-state index in [1.165, 1.54) is 13.2 Å². The maximum atomic E-state index is 12.2. The first-order chi connectivity index (χ1) is 9.52. The number of hydrogen-bond donors (Lipinski definition) is 2. The van der Waals surface area contributed by atoms with E-state index in [1.54, 1.807) is 12.1 Å². The zero-order valence-corrected chi connectivity index (χ0v) is 12.2. The van der Waals surface area contributed by atoms with Crippen LogP contribution in [-0.4, -0.2) is 32.1 Å². The van der Waals surface area contributed by atoms with Gasteiger partial charge in [-0.2, -0.15) is 0 Å². The van der Waals surface area contributed by atoms with E-state index in [0.29, 0.717) is 16.6 Å². The summed E-state index contributed by atoms with van der Waals surface area (Å²) in [7, 11) is 1.29. The van der Waals surface area contributed by atoms with Gasteiger partial charge in [-0.1, -0.05) is 18.5 Å². The summed E-state index contributed by atoms with van der Waals surface area (Å²) in [6.07, 6.45) is 0. The smallest absolute Gasteiger partial charge is 0.340 e. The van der Waals surface area contributed by atoms with Crippen molar-refractivity contribution in [3.8, 4) is 0 Å². The summed E-state index contributed by atoms with van der Waals surface area (Å²) in [6.45, 7) is 3.58. The van der Waals surface area contributed by atoms with E-state index in [4.69, 9.17) is 16.3 Å². The van der Waals surface area contributed by atoms with Crippen LogP contribution in [-0.2, 0) is 9.53 Å². The molecule has 0 radical (unpaired) electrons. The Hall–Kier alpha value is -1.59. The van der Waals surface area contributed by atoms with Gasteiger partial charge in [0.15, 0.2) is 0 Å². The molecule has 1 atom stereocenters. The summed E-state index contributed by atoms with van der Waals surface area (Å²) in [5, 5.41) is 6.33. The molecule has 1 unspecified atom stereocenters. The van der Waals surface area contributed by atoms with Crippen LogP contribution < -0.4 is 10.6 Å².